The van der Waals surface area contributed by atoms with Crippen LogP contribution in [0.3, 0.4) is 0 Å². The molecule has 0 radical (unpaired) electrons. The van der Waals surface area contributed by atoms with E-state index in [1.165, 1.54) is 7.11 Å². The molecule has 5 heteroatoms. The van der Waals surface area contributed by atoms with Crippen LogP contribution in [0.4, 0.5) is 0 Å². The number of carbonyl (C=O) groups is 1. The largest absolute Gasteiger partial charge is 0.469 e. The van der Waals surface area contributed by atoms with Crippen LogP contribution in [0.25, 0.3) is 0 Å². The molecular weight excluding hydrogens is 210 g/mol. The summed E-state index contributed by atoms with van der Waals surface area (Å²) in [6.07, 6.45) is 2.64. The molecule has 0 amide bonds. The standard InChI is InChI=1S/C11H21NO4/c1-15-10(14)11(8-12,9-2-3-9)4-6-16-7-5-13/h9,13H,2-8,12H2,1H3. The van der Waals surface area contributed by atoms with Crippen molar-refractivity contribution in [1.82, 2.24) is 0 Å². The fourth-order valence-electron chi connectivity index (χ4n) is 2.09. The number of aliphatic hydroxyl groups excluding tert-OH is 1. The van der Waals surface area contributed by atoms with E-state index < -0.39 is 5.41 Å². The monoisotopic (exact) mass is 231 g/mol. The topological polar surface area (TPSA) is 81.8 Å². The predicted octanol–water partition coefficient (Wildman–Crippen LogP) is -0.0865. The first-order valence-corrected chi connectivity index (χ1v) is 5.68. The number of esters is 1. The van der Waals surface area contributed by atoms with Gasteiger partial charge in [-0.1, -0.05) is 0 Å². The molecule has 3 N–H and O–H groups in total. The van der Waals surface area contributed by atoms with Crippen LogP contribution in [-0.4, -0.2) is 44.6 Å². The minimum atomic E-state index is -0.579. The van der Waals surface area contributed by atoms with Crippen LogP contribution in [0.2, 0.25) is 0 Å². The molecular formula is C11H21NO4. The highest BCUT2D eigenvalue weighted by Gasteiger charge is 2.50. The highest BCUT2D eigenvalue weighted by Crippen LogP contribution is 2.48. The molecule has 5 nitrogen and oxygen atoms in total. The van der Waals surface area contributed by atoms with Crippen LogP contribution in [0.5, 0.6) is 0 Å². The summed E-state index contributed by atoms with van der Waals surface area (Å²) in [7, 11) is 1.39. The molecule has 0 bridgehead atoms. The first-order chi connectivity index (χ1) is 7.71. The van der Waals surface area contributed by atoms with Crippen molar-refractivity contribution >= 4 is 5.97 Å². The van der Waals surface area contributed by atoms with Crippen molar-refractivity contribution in [1.29, 1.82) is 0 Å². The first kappa shape index (κ1) is 13.4. The normalized spacial score (nSPS) is 19.2. The maximum atomic E-state index is 11.8. The first-order valence-electron chi connectivity index (χ1n) is 5.68. The molecule has 1 saturated carbocycles. The second-order valence-corrected chi connectivity index (χ2v) is 4.21. The summed E-state index contributed by atoms with van der Waals surface area (Å²) in [6, 6.07) is 0. The van der Waals surface area contributed by atoms with Gasteiger partial charge in [-0.05, 0) is 25.2 Å². The van der Waals surface area contributed by atoms with Gasteiger partial charge in [0.15, 0.2) is 0 Å². The minimum Gasteiger partial charge on any atom is -0.469 e. The third kappa shape index (κ3) is 2.93. The molecule has 0 aromatic heterocycles. The van der Waals surface area contributed by atoms with Crippen LogP contribution in [0.1, 0.15) is 19.3 Å². The van der Waals surface area contributed by atoms with Gasteiger partial charge in [-0.3, -0.25) is 4.79 Å². The van der Waals surface area contributed by atoms with Crippen molar-refractivity contribution in [2.45, 2.75) is 19.3 Å². The molecule has 0 heterocycles. The van der Waals surface area contributed by atoms with Gasteiger partial charge < -0.3 is 20.3 Å². The zero-order valence-corrected chi connectivity index (χ0v) is 9.78. The summed E-state index contributed by atoms with van der Waals surface area (Å²) >= 11 is 0. The number of aliphatic hydroxyl groups is 1. The van der Waals surface area contributed by atoms with E-state index in [4.69, 9.17) is 20.3 Å². The van der Waals surface area contributed by atoms with Gasteiger partial charge in [0.05, 0.1) is 25.7 Å². The molecule has 1 aliphatic carbocycles. The summed E-state index contributed by atoms with van der Waals surface area (Å²) in [4.78, 5) is 11.8. The molecule has 16 heavy (non-hydrogen) atoms. The van der Waals surface area contributed by atoms with Gasteiger partial charge in [0.2, 0.25) is 0 Å². The Balaban J connectivity index is 2.52. The number of nitrogens with two attached hydrogens (primary N) is 1. The van der Waals surface area contributed by atoms with Crippen LogP contribution < -0.4 is 5.73 Å². The Morgan fingerprint density at radius 1 is 1.50 bits per heavy atom. The Bertz CT molecular complexity index is 230. The second-order valence-electron chi connectivity index (χ2n) is 4.21. The number of ether oxygens (including phenoxy) is 2. The summed E-state index contributed by atoms with van der Waals surface area (Å²) in [5.74, 6) is 0.104. The van der Waals surface area contributed by atoms with Crippen molar-refractivity contribution in [3.05, 3.63) is 0 Å². The van der Waals surface area contributed by atoms with E-state index in [0.29, 0.717) is 32.1 Å². The fourth-order valence-corrected chi connectivity index (χ4v) is 2.09. The third-order valence-corrected chi connectivity index (χ3v) is 3.24. The summed E-state index contributed by atoms with van der Waals surface area (Å²) in [5, 5.41) is 8.59. The van der Waals surface area contributed by atoms with E-state index >= 15 is 0 Å². The molecule has 0 aromatic rings. The highest BCUT2D eigenvalue weighted by molar-refractivity contribution is 5.78. The third-order valence-electron chi connectivity index (χ3n) is 3.24. The van der Waals surface area contributed by atoms with E-state index in [1.807, 2.05) is 0 Å². The molecule has 0 aliphatic heterocycles. The number of rotatable bonds is 8. The average Bonchev–Trinajstić information content (AvgIpc) is 3.13. The summed E-state index contributed by atoms with van der Waals surface area (Å²) < 4.78 is 10.0. The molecule has 1 unspecified atom stereocenters. The molecule has 1 fully saturated rings. The van der Waals surface area contributed by atoms with E-state index in [0.717, 1.165) is 12.8 Å². The zero-order valence-electron chi connectivity index (χ0n) is 9.78. The van der Waals surface area contributed by atoms with Crippen molar-refractivity contribution in [3.63, 3.8) is 0 Å². The van der Waals surface area contributed by atoms with E-state index in [1.54, 1.807) is 0 Å². The van der Waals surface area contributed by atoms with E-state index in [-0.39, 0.29) is 12.6 Å². The summed E-state index contributed by atoms with van der Waals surface area (Å²) in [5.41, 5.74) is 5.15. The second kappa shape index (κ2) is 6.18. The van der Waals surface area contributed by atoms with Crippen molar-refractivity contribution in [2.75, 3.05) is 33.5 Å². The maximum Gasteiger partial charge on any atom is 0.313 e. The number of hydrogen-bond donors (Lipinski definition) is 2. The van der Waals surface area contributed by atoms with Crippen LogP contribution in [-0.2, 0) is 14.3 Å². The Labute approximate surface area is 95.9 Å². The molecule has 1 atom stereocenters. The maximum absolute atomic E-state index is 11.8. The minimum absolute atomic E-state index is 0.00270. The van der Waals surface area contributed by atoms with Gasteiger partial charge in [0.1, 0.15) is 0 Å². The average molecular weight is 231 g/mol. The van der Waals surface area contributed by atoms with Crippen LogP contribution in [0.15, 0.2) is 0 Å². The van der Waals surface area contributed by atoms with Crippen molar-refractivity contribution < 1.29 is 19.4 Å². The van der Waals surface area contributed by atoms with Crippen molar-refractivity contribution in [3.8, 4) is 0 Å². The smallest absolute Gasteiger partial charge is 0.313 e. The fraction of sp³-hybridized carbons (Fsp3) is 0.909. The van der Waals surface area contributed by atoms with Crippen LogP contribution >= 0.6 is 0 Å². The van der Waals surface area contributed by atoms with Gasteiger partial charge in [0, 0.05) is 13.2 Å². The molecule has 1 aliphatic rings. The lowest BCUT2D eigenvalue weighted by atomic mass is 9.79. The SMILES string of the molecule is COC(=O)C(CN)(CCOCCO)C1CC1. The molecule has 0 spiro atoms. The molecule has 1 rings (SSSR count). The Kier molecular flexibility index (Phi) is 5.18. The Hall–Kier alpha value is -0.650. The van der Waals surface area contributed by atoms with E-state index in [9.17, 15) is 4.79 Å². The summed E-state index contributed by atoms with van der Waals surface area (Å²) in [6.45, 7) is 1.03. The van der Waals surface area contributed by atoms with Gasteiger partial charge in [-0.25, -0.2) is 0 Å². The Morgan fingerprint density at radius 2 is 2.19 bits per heavy atom. The lowest BCUT2D eigenvalue weighted by molar-refractivity contribution is -0.155. The highest BCUT2D eigenvalue weighted by atomic mass is 16.5. The molecule has 0 aromatic carbocycles. The number of carbonyl (C=O) groups excluding carboxylic acids is 1. The number of hydrogen-bond acceptors (Lipinski definition) is 5. The number of methoxy groups -OCH3 is 1. The van der Waals surface area contributed by atoms with Gasteiger partial charge in [0.25, 0.3) is 0 Å². The lowest BCUT2D eigenvalue weighted by Crippen LogP contribution is -2.42. The van der Waals surface area contributed by atoms with Crippen LogP contribution in [0, 0.1) is 11.3 Å². The van der Waals surface area contributed by atoms with Gasteiger partial charge in [-0.2, -0.15) is 0 Å². The lowest BCUT2D eigenvalue weighted by Gasteiger charge is -2.29. The zero-order chi connectivity index (χ0) is 12.0. The van der Waals surface area contributed by atoms with E-state index in [2.05, 4.69) is 0 Å². The predicted molar refractivity (Wildman–Crippen MR) is 58.7 cm³/mol. The van der Waals surface area contributed by atoms with Gasteiger partial charge >= 0.3 is 5.97 Å². The molecule has 94 valence electrons. The molecule has 0 saturated heterocycles. The Morgan fingerprint density at radius 3 is 2.62 bits per heavy atom. The van der Waals surface area contributed by atoms with Crippen molar-refractivity contribution in [2.24, 2.45) is 17.1 Å². The quantitative estimate of drug-likeness (QED) is 0.451. The van der Waals surface area contributed by atoms with Gasteiger partial charge in [-0.15, -0.1) is 0 Å².